The number of benzene rings is 2. The standard InChI is InChI=1S/C17H19NO5S2/c1-12-5-3-8-17(13(12)2)23-25(21,22)16-7-4-6-15(11-16)24(19,20)18-14-9-10-14/h3-8,11,14,18H,9-10H2,1-2H3. The first-order valence-electron chi connectivity index (χ1n) is 7.82. The monoisotopic (exact) mass is 381 g/mol. The molecule has 0 saturated heterocycles. The molecule has 0 bridgehead atoms. The third-order valence-corrected chi connectivity index (χ3v) is 6.81. The minimum absolute atomic E-state index is 0.0588. The average Bonchev–Trinajstić information content (AvgIpc) is 3.35. The normalized spacial score (nSPS) is 15.1. The average molecular weight is 381 g/mol. The van der Waals surface area contributed by atoms with E-state index in [0.29, 0.717) is 5.56 Å². The fraction of sp³-hybridized carbons (Fsp3) is 0.294. The molecular formula is C17H19NO5S2. The molecule has 3 rings (SSSR count). The lowest BCUT2D eigenvalue weighted by Gasteiger charge is -2.12. The Kier molecular flexibility index (Phi) is 4.61. The van der Waals surface area contributed by atoms with Gasteiger partial charge in [-0.2, -0.15) is 8.42 Å². The van der Waals surface area contributed by atoms with Crippen LogP contribution in [-0.2, 0) is 20.1 Å². The van der Waals surface area contributed by atoms with Gasteiger partial charge in [-0.25, -0.2) is 13.1 Å². The van der Waals surface area contributed by atoms with E-state index < -0.39 is 20.1 Å². The summed E-state index contributed by atoms with van der Waals surface area (Å²) in [7, 11) is -7.88. The molecular weight excluding hydrogens is 362 g/mol. The van der Waals surface area contributed by atoms with Crippen LogP contribution in [0.4, 0.5) is 0 Å². The molecule has 1 saturated carbocycles. The van der Waals surface area contributed by atoms with Crippen LogP contribution in [0.3, 0.4) is 0 Å². The van der Waals surface area contributed by atoms with Crippen molar-refractivity contribution in [3.8, 4) is 5.75 Å². The third-order valence-electron chi connectivity index (χ3n) is 4.06. The van der Waals surface area contributed by atoms with Crippen LogP contribution in [0.1, 0.15) is 24.0 Å². The molecule has 8 heteroatoms. The summed E-state index contributed by atoms with van der Waals surface area (Å²) in [6, 6.07) is 10.2. The van der Waals surface area contributed by atoms with Crippen molar-refractivity contribution < 1.29 is 21.0 Å². The van der Waals surface area contributed by atoms with Gasteiger partial charge in [0.2, 0.25) is 10.0 Å². The van der Waals surface area contributed by atoms with E-state index in [1.54, 1.807) is 19.1 Å². The van der Waals surface area contributed by atoms with E-state index in [1.807, 2.05) is 13.0 Å². The zero-order chi connectivity index (χ0) is 18.2. The van der Waals surface area contributed by atoms with Crippen LogP contribution in [0, 0.1) is 13.8 Å². The Morgan fingerprint density at radius 2 is 1.60 bits per heavy atom. The highest BCUT2D eigenvalue weighted by Gasteiger charge is 2.29. The van der Waals surface area contributed by atoms with E-state index in [9.17, 15) is 16.8 Å². The molecule has 0 aromatic heterocycles. The van der Waals surface area contributed by atoms with E-state index in [1.165, 1.54) is 18.2 Å². The van der Waals surface area contributed by atoms with Crippen molar-refractivity contribution in [1.82, 2.24) is 4.72 Å². The van der Waals surface area contributed by atoms with E-state index in [4.69, 9.17) is 4.18 Å². The Hall–Kier alpha value is -1.90. The van der Waals surface area contributed by atoms with Gasteiger partial charge in [-0.15, -0.1) is 0 Å². The van der Waals surface area contributed by atoms with Crippen molar-refractivity contribution in [2.24, 2.45) is 0 Å². The maximum atomic E-state index is 12.5. The Balaban J connectivity index is 1.92. The summed E-state index contributed by atoms with van der Waals surface area (Å²) in [4.78, 5) is -0.294. The van der Waals surface area contributed by atoms with E-state index >= 15 is 0 Å². The highest BCUT2D eigenvalue weighted by molar-refractivity contribution is 7.89. The zero-order valence-corrected chi connectivity index (χ0v) is 15.5. The molecule has 1 aliphatic carbocycles. The van der Waals surface area contributed by atoms with Gasteiger partial charge in [-0.1, -0.05) is 18.2 Å². The summed E-state index contributed by atoms with van der Waals surface area (Å²) in [5, 5.41) is 0. The molecule has 0 heterocycles. The molecule has 0 spiro atoms. The molecule has 1 N–H and O–H groups in total. The lowest BCUT2D eigenvalue weighted by atomic mass is 10.1. The van der Waals surface area contributed by atoms with E-state index in [-0.39, 0.29) is 21.6 Å². The van der Waals surface area contributed by atoms with Crippen LogP contribution < -0.4 is 8.91 Å². The Morgan fingerprint density at radius 1 is 0.960 bits per heavy atom. The number of rotatable bonds is 6. The molecule has 6 nitrogen and oxygen atoms in total. The van der Waals surface area contributed by atoms with Crippen LogP contribution in [0.5, 0.6) is 5.75 Å². The summed E-state index contributed by atoms with van der Waals surface area (Å²) in [5.74, 6) is 0.226. The van der Waals surface area contributed by atoms with Gasteiger partial charge in [0.05, 0.1) is 4.90 Å². The first kappa shape index (κ1) is 17.9. The summed E-state index contributed by atoms with van der Waals surface area (Å²) in [5.41, 5.74) is 1.61. The first-order chi connectivity index (χ1) is 11.7. The Bertz CT molecular complexity index is 1010. The third kappa shape index (κ3) is 4.02. The van der Waals surface area contributed by atoms with Gasteiger partial charge in [0, 0.05) is 6.04 Å². The fourth-order valence-corrected chi connectivity index (χ4v) is 4.72. The molecule has 0 aliphatic heterocycles. The number of sulfonamides is 1. The SMILES string of the molecule is Cc1cccc(OS(=O)(=O)c2cccc(S(=O)(=O)NC3CC3)c2)c1C. The van der Waals surface area contributed by atoms with Crippen LogP contribution >= 0.6 is 0 Å². The van der Waals surface area contributed by atoms with Crippen molar-refractivity contribution in [3.63, 3.8) is 0 Å². The summed E-state index contributed by atoms with van der Waals surface area (Å²) in [6.07, 6.45) is 1.60. The van der Waals surface area contributed by atoms with Crippen LogP contribution in [0.25, 0.3) is 0 Å². The summed E-state index contributed by atoms with van der Waals surface area (Å²) >= 11 is 0. The molecule has 1 aliphatic rings. The molecule has 25 heavy (non-hydrogen) atoms. The minimum atomic E-state index is -4.14. The fourth-order valence-electron chi connectivity index (χ4n) is 2.27. The van der Waals surface area contributed by atoms with Gasteiger partial charge in [0.15, 0.2) is 0 Å². The van der Waals surface area contributed by atoms with Gasteiger partial charge < -0.3 is 4.18 Å². The van der Waals surface area contributed by atoms with E-state index in [2.05, 4.69) is 4.72 Å². The molecule has 134 valence electrons. The number of hydrogen-bond donors (Lipinski definition) is 1. The minimum Gasteiger partial charge on any atom is -0.379 e. The molecule has 0 atom stereocenters. The smallest absolute Gasteiger partial charge is 0.339 e. The zero-order valence-electron chi connectivity index (χ0n) is 13.9. The van der Waals surface area contributed by atoms with Gasteiger partial charge in [0.25, 0.3) is 0 Å². The van der Waals surface area contributed by atoms with Crippen LogP contribution in [-0.4, -0.2) is 22.9 Å². The van der Waals surface area contributed by atoms with Crippen LogP contribution in [0.2, 0.25) is 0 Å². The van der Waals surface area contributed by atoms with Crippen molar-refractivity contribution in [1.29, 1.82) is 0 Å². The topological polar surface area (TPSA) is 89.5 Å². The summed E-state index contributed by atoms with van der Waals surface area (Å²) < 4.78 is 57.4. The second-order valence-corrected chi connectivity index (χ2v) is 9.37. The molecule has 2 aromatic rings. The molecule has 2 aromatic carbocycles. The number of nitrogens with one attached hydrogen (secondary N) is 1. The summed E-state index contributed by atoms with van der Waals surface area (Å²) in [6.45, 7) is 3.62. The second-order valence-electron chi connectivity index (χ2n) is 6.11. The largest absolute Gasteiger partial charge is 0.379 e. The molecule has 0 amide bonds. The number of hydrogen-bond acceptors (Lipinski definition) is 5. The molecule has 0 radical (unpaired) electrons. The maximum absolute atomic E-state index is 12.5. The quantitative estimate of drug-likeness (QED) is 0.777. The lowest BCUT2D eigenvalue weighted by Crippen LogP contribution is -2.26. The Morgan fingerprint density at radius 3 is 2.28 bits per heavy atom. The predicted octanol–water partition coefficient (Wildman–Crippen LogP) is 2.51. The van der Waals surface area contributed by atoms with Gasteiger partial charge in [-0.3, -0.25) is 0 Å². The van der Waals surface area contributed by atoms with Crippen LogP contribution in [0.15, 0.2) is 52.3 Å². The van der Waals surface area contributed by atoms with Gasteiger partial charge >= 0.3 is 10.1 Å². The molecule has 1 fully saturated rings. The van der Waals surface area contributed by atoms with Crippen molar-refractivity contribution in [3.05, 3.63) is 53.6 Å². The van der Waals surface area contributed by atoms with Crippen molar-refractivity contribution in [2.75, 3.05) is 0 Å². The van der Waals surface area contributed by atoms with Crippen molar-refractivity contribution >= 4 is 20.1 Å². The Labute approximate surface area is 148 Å². The number of aryl methyl sites for hydroxylation is 1. The highest BCUT2D eigenvalue weighted by atomic mass is 32.2. The maximum Gasteiger partial charge on any atom is 0.339 e. The van der Waals surface area contributed by atoms with Crippen molar-refractivity contribution in [2.45, 2.75) is 42.5 Å². The molecule has 0 unspecified atom stereocenters. The second kappa shape index (κ2) is 6.44. The van der Waals surface area contributed by atoms with Gasteiger partial charge in [0.1, 0.15) is 10.6 Å². The highest BCUT2D eigenvalue weighted by Crippen LogP contribution is 2.26. The predicted molar refractivity (Wildman–Crippen MR) is 93.5 cm³/mol. The van der Waals surface area contributed by atoms with E-state index in [0.717, 1.165) is 24.5 Å². The first-order valence-corrected chi connectivity index (χ1v) is 10.7. The lowest BCUT2D eigenvalue weighted by molar-refractivity contribution is 0.483. The van der Waals surface area contributed by atoms with Gasteiger partial charge in [-0.05, 0) is 62.1 Å².